The highest BCUT2D eigenvalue weighted by Gasteiger charge is 2.28. The first-order valence-electron chi connectivity index (χ1n) is 10.9. The number of nitrogens with zero attached hydrogens (tertiary/aromatic N) is 1. The van der Waals surface area contributed by atoms with Crippen molar-refractivity contribution in [2.45, 2.75) is 19.6 Å². The number of amides is 4. The van der Waals surface area contributed by atoms with E-state index in [0.717, 1.165) is 4.90 Å². The number of benzene rings is 3. The Morgan fingerprint density at radius 2 is 1.60 bits per heavy atom. The zero-order valence-corrected chi connectivity index (χ0v) is 18.9. The van der Waals surface area contributed by atoms with Gasteiger partial charge >= 0.3 is 12.0 Å². The van der Waals surface area contributed by atoms with E-state index in [0.29, 0.717) is 22.7 Å². The van der Waals surface area contributed by atoms with E-state index in [-0.39, 0.29) is 24.6 Å². The Morgan fingerprint density at radius 3 is 2.23 bits per heavy atom. The second-order valence-electron chi connectivity index (χ2n) is 7.81. The molecule has 4 amide bonds. The number of rotatable bonds is 8. The van der Waals surface area contributed by atoms with Gasteiger partial charge in [0.25, 0.3) is 5.91 Å². The van der Waals surface area contributed by atoms with Crippen molar-refractivity contribution in [2.24, 2.45) is 0 Å². The summed E-state index contributed by atoms with van der Waals surface area (Å²) in [6.45, 7) is 1.56. The molecule has 3 aromatic carbocycles. The summed E-state index contributed by atoms with van der Waals surface area (Å²) < 4.78 is 11.0. The van der Waals surface area contributed by atoms with Crippen molar-refractivity contribution in [1.82, 2.24) is 10.2 Å². The minimum absolute atomic E-state index is 0.0190. The number of nitrogens with one attached hydrogen (secondary N) is 2. The topological polar surface area (TPSA) is 114 Å². The maximum absolute atomic E-state index is 12.5. The van der Waals surface area contributed by atoms with Gasteiger partial charge in [-0.15, -0.1) is 0 Å². The third kappa shape index (κ3) is 6.02. The van der Waals surface area contributed by atoms with Crippen LogP contribution < -0.4 is 15.4 Å². The van der Waals surface area contributed by atoms with Crippen LogP contribution in [0.1, 0.15) is 22.8 Å². The molecule has 1 atom stereocenters. The van der Waals surface area contributed by atoms with Gasteiger partial charge in [0.1, 0.15) is 11.5 Å². The molecule has 0 saturated carbocycles. The van der Waals surface area contributed by atoms with E-state index in [9.17, 15) is 19.2 Å². The Morgan fingerprint density at radius 1 is 0.943 bits per heavy atom. The molecular weight excluding hydrogens is 450 g/mol. The number of imide groups is 1. The molecule has 0 bridgehead atoms. The molecule has 1 fully saturated rings. The van der Waals surface area contributed by atoms with Gasteiger partial charge in [0.2, 0.25) is 5.91 Å². The number of hydrogen-bond acceptors (Lipinski definition) is 6. The van der Waals surface area contributed by atoms with Gasteiger partial charge in [-0.1, -0.05) is 30.3 Å². The SMILES string of the molecule is CC(OC(=O)c1ccc(CN2C(=O)CNC2=O)cc1)C(=O)Nc1ccc(Oc2ccccc2)cc1. The molecule has 1 heterocycles. The van der Waals surface area contributed by atoms with E-state index in [2.05, 4.69) is 10.6 Å². The van der Waals surface area contributed by atoms with E-state index in [1.165, 1.54) is 19.1 Å². The smallest absolute Gasteiger partial charge is 0.338 e. The first-order chi connectivity index (χ1) is 16.9. The number of urea groups is 1. The minimum Gasteiger partial charge on any atom is -0.457 e. The molecule has 178 valence electrons. The zero-order valence-electron chi connectivity index (χ0n) is 18.9. The molecule has 9 nitrogen and oxygen atoms in total. The van der Waals surface area contributed by atoms with Gasteiger partial charge in [0, 0.05) is 5.69 Å². The Bertz CT molecular complexity index is 1210. The number of ether oxygens (including phenoxy) is 2. The van der Waals surface area contributed by atoms with Gasteiger partial charge in [0.05, 0.1) is 18.7 Å². The molecule has 1 unspecified atom stereocenters. The maximum atomic E-state index is 12.5. The minimum atomic E-state index is -1.03. The Kier molecular flexibility index (Phi) is 7.06. The van der Waals surface area contributed by atoms with Crippen LogP contribution in [0.3, 0.4) is 0 Å². The predicted octanol–water partition coefficient (Wildman–Crippen LogP) is 3.71. The van der Waals surface area contributed by atoms with Crippen molar-refractivity contribution < 1.29 is 28.7 Å². The van der Waals surface area contributed by atoms with Crippen LogP contribution in [0.15, 0.2) is 78.9 Å². The Hall–Kier alpha value is -4.66. The van der Waals surface area contributed by atoms with Crippen LogP contribution >= 0.6 is 0 Å². The Labute approximate surface area is 201 Å². The molecule has 0 spiro atoms. The fourth-order valence-electron chi connectivity index (χ4n) is 3.30. The number of hydrogen-bond donors (Lipinski definition) is 2. The zero-order chi connectivity index (χ0) is 24.8. The van der Waals surface area contributed by atoms with Gasteiger partial charge < -0.3 is 20.1 Å². The summed E-state index contributed by atoms with van der Waals surface area (Å²) in [7, 11) is 0. The molecule has 0 radical (unpaired) electrons. The highest BCUT2D eigenvalue weighted by molar-refractivity contribution is 6.02. The maximum Gasteiger partial charge on any atom is 0.338 e. The average molecular weight is 473 g/mol. The molecule has 4 rings (SSSR count). The van der Waals surface area contributed by atoms with Gasteiger partial charge in [-0.25, -0.2) is 9.59 Å². The van der Waals surface area contributed by atoms with E-state index < -0.39 is 24.0 Å². The third-order valence-electron chi connectivity index (χ3n) is 5.22. The quantitative estimate of drug-likeness (QED) is 0.381. The molecule has 3 aromatic rings. The second-order valence-corrected chi connectivity index (χ2v) is 7.81. The monoisotopic (exact) mass is 473 g/mol. The van der Waals surface area contributed by atoms with Crippen molar-refractivity contribution in [2.75, 3.05) is 11.9 Å². The average Bonchev–Trinajstić information content (AvgIpc) is 3.18. The van der Waals surface area contributed by atoms with Crippen LogP contribution in [0.4, 0.5) is 10.5 Å². The lowest BCUT2D eigenvalue weighted by atomic mass is 10.1. The van der Waals surface area contributed by atoms with Crippen LogP contribution in [0, 0.1) is 0 Å². The molecule has 1 saturated heterocycles. The van der Waals surface area contributed by atoms with Crippen molar-refractivity contribution in [3.63, 3.8) is 0 Å². The van der Waals surface area contributed by atoms with Crippen LogP contribution in [-0.2, 0) is 20.9 Å². The standard InChI is InChI=1S/C26H23N3O6/c1-17(24(31)28-20-11-13-22(14-12-20)35-21-5-3-2-4-6-21)34-25(32)19-9-7-18(8-10-19)16-29-23(30)15-27-26(29)33/h2-14,17H,15-16H2,1H3,(H,27,33)(H,28,31). The number of esters is 1. The highest BCUT2D eigenvalue weighted by atomic mass is 16.5. The van der Waals surface area contributed by atoms with Crippen LogP contribution in [0.25, 0.3) is 0 Å². The lowest BCUT2D eigenvalue weighted by Gasteiger charge is -2.15. The normalized spacial score (nSPS) is 13.7. The molecule has 35 heavy (non-hydrogen) atoms. The number of para-hydroxylation sites is 1. The summed E-state index contributed by atoms with van der Waals surface area (Å²) in [6, 6.07) is 22.0. The lowest BCUT2D eigenvalue weighted by molar-refractivity contribution is -0.125. The van der Waals surface area contributed by atoms with Crippen LogP contribution in [0.5, 0.6) is 11.5 Å². The Balaban J connectivity index is 1.28. The first kappa shape index (κ1) is 23.5. The lowest BCUT2D eigenvalue weighted by Crippen LogP contribution is -2.30. The van der Waals surface area contributed by atoms with Crippen molar-refractivity contribution in [3.05, 3.63) is 90.0 Å². The second kappa shape index (κ2) is 10.5. The van der Waals surface area contributed by atoms with E-state index >= 15 is 0 Å². The van der Waals surface area contributed by atoms with Gasteiger partial charge in [-0.2, -0.15) is 0 Å². The van der Waals surface area contributed by atoms with Gasteiger partial charge in [-0.05, 0) is 61.0 Å². The number of anilines is 1. The molecule has 0 aromatic heterocycles. The molecule has 0 aliphatic carbocycles. The summed E-state index contributed by atoms with van der Waals surface area (Å²) in [4.78, 5) is 49.4. The first-order valence-corrected chi connectivity index (χ1v) is 10.9. The van der Waals surface area contributed by atoms with E-state index in [1.807, 2.05) is 30.3 Å². The fourth-order valence-corrected chi connectivity index (χ4v) is 3.30. The van der Waals surface area contributed by atoms with Crippen molar-refractivity contribution in [1.29, 1.82) is 0 Å². The fraction of sp³-hybridized carbons (Fsp3) is 0.154. The van der Waals surface area contributed by atoms with E-state index in [1.54, 1.807) is 36.4 Å². The van der Waals surface area contributed by atoms with Gasteiger partial charge in [0.15, 0.2) is 6.10 Å². The third-order valence-corrected chi connectivity index (χ3v) is 5.22. The van der Waals surface area contributed by atoms with Crippen LogP contribution in [-0.4, -0.2) is 41.4 Å². The molecule has 2 N–H and O–H groups in total. The molecule has 1 aliphatic heterocycles. The predicted molar refractivity (Wildman–Crippen MR) is 127 cm³/mol. The number of carbonyl (C=O) groups excluding carboxylic acids is 4. The van der Waals surface area contributed by atoms with Crippen molar-refractivity contribution in [3.8, 4) is 11.5 Å². The number of carbonyl (C=O) groups is 4. The summed E-state index contributed by atoms with van der Waals surface area (Å²) in [5, 5.41) is 5.15. The summed E-state index contributed by atoms with van der Waals surface area (Å²) >= 11 is 0. The summed E-state index contributed by atoms with van der Waals surface area (Å²) in [6.07, 6.45) is -1.03. The summed E-state index contributed by atoms with van der Waals surface area (Å²) in [5.74, 6) is -0.137. The molecule has 1 aliphatic rings. The van der Waals surface area contributed by atoms with Crippen LogP contribution in [0.2, 0.25) is 0 Å². The molecular formula is C26H23N3O6. The van der Waals surface area contributed by atoms with Crippen molar-refractivity contribution >= 4 is 29.5 Å². The highest BCUT2D eigenvalue weighted by Crippen LogP contribution is 2.23. The molecule has 9 heteroatoms. The van der Waals surface area contributed by atoms with E-state index in [4.69, 9.17) is 9.47 Å². The summed E-state index contributed by atoms with van der Waals surface area (Å²) in [5.41, 5.74) is 1.45. The largest absolute Gasteiger partial charge is 0.457 e. The van der Waals surface area contributed by atoms with Gasteiger partial charge in [-0.3, -0.25) is 14.5 Å².